The highest BCUT2D eigenvalue weighted by Gasteiger charge is 1.96. The maximum absolute atomic E-state index is 5.63. The molecule has 0 aromatic heterocycles. The molecule has 2 aromatic rings. The topological polar surface area (TPSA) is 21.3 Å². The van der Waals surface area contributed by atoms with Crippen LogP contribution in [0.4, 0.5) is 0 Å². The van der Waals surface area contributed by atoms with E-state index in [0.717, 1.165) is 18.8 Å². The van der Waals surface area contributed by atoms with Crippen LogP contribution >= 0.6 is 0 Å². The Labute approximate surface area is 115 Å². The van der Waals surface area contributed by atoms with Gasteiger partial charge >= 0.3 is 0 Å². The van der Waals surface area contributed by atoms with Crippen LogP contribution in [0, 0.1) is 13.8 Å². The summed E-state index contributed by atoms with van der Waals surface area (Å²) in [5.41, 5.74) is 3.96. The van der Waals surface area contributed by atoms with Gasteiger partial charge in [0.1, 0.15) is 12.4 Å². The lowest BCUT2D eigenvalue weighted by Crippen LogP contribution is -2.20. The number of ether oxygens (including phenoxy) is 1. The zero-order valence-electron chi connectivity index (χ0n) is 11.6. The third-order valence-corrected chi connectivity index (χ3v) is 2.90. The van der Waals surface area contributed by atoms with E-state index in [9.17, 15) is 0 Å². The molecule has 2 nitrogen and oxygen atoms in total. The van der Waals surface area contributed by atoms with Crippen molar-refractivity contribution in [1.82, 2.24) is 5.32 Å². The smallest absolute Gasteiger partial charge is 0.119 e. The molecule has 1 N–H and O–H groups in total. The average molecular weight is 255 g/mol. The van der Waals surface area contributed by atoms with Crippen molar-refractivity contribution < 1.29 is 4.74 Å². The van der Waals surface area contributed by atoms with Crippen LogP contribution in [-0.2, 0) is 6.54 Å². The summed E-state index contributed by atoms with van der Waals surface area (Å²) in [5, 5.41) is 3.40. The van der Waals surface area contributed by atoms with Crippen molar-refractivity contribution in [3.8, 4) is 5.75 Å². The molecule has 0 heterocycles. The van der Waals surface area contributed by atoms with Crippen molar-refractivity contribution in [3.63, 3.8) is 0 Å². The summed E-state index contributed by atoms with van der Waals surface area (Å²) in [6, 6.07) is 16.5. The van der Waals surface area contributed by atoms with Gasteiger partial charge in [-0.3, -0.25) is 0 Å². The van der Waals surface area contributed by atoms with Gasteiger partial charge in [0.25, 0.3) is 0 Å². The van der Waals surface area contributed by atoms with Crippen LogP contribution < -0.4 is 10.1 Å². The predicted molar refractivity (Wildman–Crippen MR) is 79.6 cm³/mol. The van der Waals surface area contributed by atoms with Crippen molar-refractivity contribution in [3.05, 3.63) is 65.2 Å². The van der Waals surface area contributed by atoms with Gasteiger partial charge in [0.15, 0.2) is 0 Å². The van der Waals surface area contributed by atoms with Gasteiger partial charge in [0.2, 0.25) is 0 Å². The zero-order valence-corrected chi connectivity index (χ0v) is 11.6. The molecule has 2 heteroatoms. The van der Waals surface area contributed by atoms with Gasteiger partial charge in [-0.25, -0.2) is 0 Å². The molecule has 2 rings (SSSR count). The molecule has 0 unspecified atom stereocenters. The monoisotopic (exact) mass is 255 g/mol. The van der Waals surface area contributed by atoms with Crippen molar-refractivity contribution in [1.29, 1.82) is 0 Å². The zero-order chi connectivity index (χ0) is 13.5. The second kappa shape index (κ2) is 6.95. The van der Waals surface area contributed by atoms with E-state index in [1.807, 2.05) is 30.3 Å². The molecule has 0 spiro atoms. The maximum atomic E-state index is 5.63. The second-order valence-electron chi connectivity index (χ2n) is 4.83. The van der Waals surface area contributed by atoms with Crippen LogP contribution in [0.5, 0.6) is 5.75 Å². The number of hydrogen-bond donors (Lipinski definition) is 1. The van der Waals surface area contributed by atoms with E-state index >= 15 is 0 Å². The fourth-order valence-electron chi connectivity index (χ4n) is 2.16. The molecule has 0 aliphatic carbocycles. The van der Waals surface area contributed by atoms with Crippen molar-refractivity contribution in [2.75, 3.05) is 13.2 Å². The fraction of sp³-hybridized carbons (Fsp3) is 0.294. The van der Waals surface area contributed by atoms with Crippen molar-refractivity contribution >= 4 is 0 Å². The number of rotatable bonds is 6. The summed E-state index contributed by atoms with van der Waals surface area (Å²) in [6.45, 7) is 6.70. The Morgan fingerprint density at radius 1 is 0.947 bits per heavy atom. The molecule has 0 fully saturated rings. The first-order valence-electron chi connectivity index (χ1n) is 6.70. The van der Waals surface area contributed by atoms with Crippen LogP contribution in [0.2, 0.25) is 0 Å². The van der Waals surface area contributed by atoms with E-state index in [2.05, 4.69) is 37.4 Å². The summed E-state index contributed by atoms with van der Waals surface area (Å²) in [5.74, 6) is 0.927. The summed E-state index contributed by atoms with van der Waals surface area (Å²) < 4.78 is 5.63. The van der Waals surface area contributed by atoms with Gasteiger partial charge in [-0.1, -0.05) is 47.5 Å². The van der Waals surface area contributed by atoms with Crippen molar-refractivity contribution in [2.45, 2.75) is 20.4 Å². The second-order valence-corrected chi connectivity index (χ2v) is 4.83. The lowest BCUT2D eigenvalue weighted by Gasteiger charge is -2.08. The van der Waals surface area contributed by atoms with E-state index in [1.54, 1.807) is 0 Å². The van der Waals surface area contributed by atoms with E-state index in [-0.39, 0.29) is 0 Å². The minimum atomic E-state index is 0.689. The van der Waals surface area contributed by atoms with Crippen molar-refractivity contribution in [2.24, 2.45) is 0 Å². The van der Waals surface area contributed by atoms with Gasteiger partial charge in [0.05, 0.1) is 0 Å². The fourth-order valence-corrected chi connectivity index (χ4v) is 2.16. The predicted octanol–water partition coefficient (Wildman–Crippen LogP) is 3.47. The Morgan fingerprint density at radius 3 is 2.32 bits per heavy atom. The first-order chi connectivity index (χ1) is 9.24. The minimum absolute atomic E-state index is 0.689. The molecule has 0 radical (unpaired) electrons. The highest BCUT2D eigenvalue weighted by molar-refractivity contribution is 5.28. The summed E-state index contributed by atoms with van der Waals surface area (Å²) in [4.78, 5) is 0. The van der Waals surface area contributed by atoms with E-state index in [1.165, 1.54) is 16.7 Å². The van der Waals surface area contributed by atoms with E-state index in [0.29, 0.717) is 6.61 Å². The van der Waals surface area contributed by atoms with Crippen LogP contribution in [-0.4, -0.2) is 13.2 Å². The maximum Gasteiger partial charge on any atom is 0.119 e. The molecular weight excluding hydrogens is 234 g/mol. The van der Waals surface area contributed by atoms with Crippen LogP contribution in [0.3, 0.4) is 0 Å². The third-order valence-electron chi connectivity index (χ3n) is 2.90. The molecule has 0 bridgehead atoms. The summed E-state index contributed by atoms with van der Waals surface area (Å²) in [7, 11) is 0. The quantitative estimate of drug-likeness (QED) is 0.798. The number of nitrogens with one attached hydrogen (secondary N) is 1. The Balaban J connectivity index is 1.69. The van der Waals surface area contributed by atoms with Gasteiger partial charge in [0, 0.05) is 13.1 Å². The van der Waals surface area contributed by atoms with Crippen LogP contribution in [0.25, 0.3) is 0 Å². The Hall–Kier alpha value is -1.80. The summed E-state index contributed by atoms with van der Waals surface area (Å²) >= 11 is 0. The number of benzene rings is 2. The Morgan fingerprint density at radius 2 is 1.63 bits per heavy atom. The molecule has 2 aromatic carbocycles. The van der Waals surface area contributed by atoms with Gasteiger partial charge in [-0.2, -0.15) is 0 Å². The molecule has 0 aliphatic heterocycles. The SMILES string of the molecule is Cc1cc(C)cc(CNCCOc2ccccc2)c1. The first kappa shape index (κ1) is 13.6. The number of aryl methyl sites for hydroxylation is 2. The average Bonchev–Trinajstić information content (AvgIpc) is 2.38. The van der Waals surface area contributed by atoms with Gasteiger partial charge < -0.3 is 10.1 Å². The molecule has 19 heavy (non-hydrogen) atoms. The van der Waals surface area contributed by atoms with Crippen LogP contribution in [0.1, 0.15) is 16.7 Å². The minimum Gasteiger partial charge on any atom is -0.492 e. The number of hydrogen-bond acceptors (Lipinski definition) is 2. The standard InChI is InChI=1S/C17H21NO/c1-14-10-15(2)12-16(11-14)13-18-8-9-19-17-6-4-3-5-7-17/h3-7,10-12,18H,8-9,13H2,1-2H3. The molecule has 0 atom stereocenters. The van der Waals surface area contributed by atoms with Gasteiger partial charge in [-0.05, 0) is 31.5 Å². The molecule has 0 saturated heterocycles. The highest BCUT2D eigenvalue weighted by atomic mass is 16.5. The lowest BCUT2D eigenvalue weighted by molar-refractivity contribution is 0.313. The largest absolute Gasteiger partial charge is 0.492 e. The third kappa shape index (κ3) is 4.76. The van der Waals surface area contributed by atoms with E-state index in [4.69, 9.17) is 4.74 Å². The highest BCUT2D eigenvalue weighted by Crippen LogP contribution is 2.09. The molecule has 0 saturated carbocycles. The number of para-hydroxylation sites is 1. The Bertz CT molecular complexity index is 488. The van der Waals surface area contributed by atoms with E-state index < -0.39 is 0 Å². The Kier molecular flexibility index (Phi) is 4.99. The van der Waals surface area contributed by atoms with Crippen LogP contribution in [0.15, 0.2) is 48.5 Å². The molecule has 100 valence electrons. The normalized spacial score (nSPS) is 10.4. The summed E-state index contributed by atoms with van der Waals surface area (Å²) in [6.07, 6.45) is 0. The molecule has 0 aliphatic rings. The molecular formula is C17H21NO. The first-order valence-corrected chi connectivity index (χ1v) is 6.70. The van der Waals surface area contributed by atoms with Gasteiger partial charge in [-0.15, -0.1) is 0 Å². The lowest BCUT2D eigenvalue weighted by atomic mass is 10.1. The molecule has 0 amide bonds.